The van der Waals surface area contributed by atoms with Crippen molar-refractivity contribution in [1.82, 2.24) is 9.55 Å². The smallest absolute Gasteiger partial charge is 0.304 e. The lowest BCUT2D eigenvalue weighted by atomic mass is 10.1. The number of nitrogens with zero attached hydrogens (tertiary/aromatic N) is 2. The van der Waals surface area contributed by atoms with Crippen LogP contribution >= 0.6 is 11.8 Å². The lowest BCUT2D eigenvalue weighted by Crippen LogP contribution is -1.98. The van der Waals surface area contributed by atoms with Gasteiger partial charge in [0.25, 0.3) is 0 Å². The van der Waals surface area contributed by atoms with E-state index in [1.807, 2.05) is 60.1 Å². The predicted octanol–water partition coefficient (Wildman–Crippen LogP) is 4.32. The minimum Gasteiger partial charge on any atom is -0.481 e. The molecule has 0 unspecified atom stereocenters. The van der Waals surface area contributed by atoms with Gasteiger partial charge in [0.15, 0.2) is 5.16 Å². The normalized spacial score (nSPS) is 10.7. The van der Waals surface area contributed by atoms with Crippen molar-refractivity contribution in [3.8, 4) is 22.5 Å². The van der Waals surface area contributed by atoms with Crippen LogP contribution in [0.5, 0.6) is 0 Å². The van der Waals surface area contributed by atoms with Gasteiger partial charge in [0.05, 0.1) is 17.8 Å². The standard InChI is InChI=1S/C19H18N2O2S/c1-21-18(15-10-6-3-7-11-15)17(14-8-4-2-5-9-14)20-19(21)24-13-12-16(22)23/h2-11H,12-13H2,1H3,(H,22,23). The fourth-order valence-corrected chi connectivity index (χ4v) is 3.46. The highest BCUT2D eigenvalue weighted by molar-refractivity contribution is 7.99. The zero-order valence-electron chi connectivity index (χ0n) is 13.3. The quantitative estimate of drug-likeness (QED) is 0.680. The first-order valence-electron chi connectivity index (χ1n) is 7.69. The summed E-state index contributed by atoms with van der Waals surface area (Å²) >= 11 is 1.47. The molecule has 0 saturated carbocycles. The summed E-state index contributed by atoms with van der Waals surface area (Å²) in [6, 6.07) is 20.2. The molecule has 1 heterocycles. The van der Waals surface area contributed by atoms with Crippen LogP contribution < -0.4 is 0 Å². The average molecular weight is 338 g/mol. The molecule has 3 rings (SSSR count). The van der Waals surface area contributed by atoms with E-state index in [1.54, 1.807) is 0 Å². The number of aliphatic carboxylic acids is 1. The zero-order valence-corrected chi connectivity index (χ0v) is 14.2. The largest absolute Gasteiger partial charge is 0.481 e. The molecule has 0 atom stereocenters. The Morgan fingerprint density at radius 2 is 1.62 bits per heavy atom. The summed E-state index contributed by atoms with van der Waals surface area (Å²) in [6.45, 7) is 0. The Bertz CT molecular complexity index is 829. The maximum Gasteiger partial charge on any atom is 0.304 e. The second-order valence-corrected chi connectivity index (χ2v) is 6.44. The fraction of sp³-hybridized carbons (Fsp3) is 0.158. The van der Waals surface area contributed by atoms with Crippen LogP contribution in [0.3, 0.4) is 0 Å². The minimum absolute atomic E-state index is 0.124. The van der Waals surface area contributed by atoms with Crippen molar-refractivity contribution in [2.75, 3.05) is 5.75 Å². The number of carboxylic acids is 1. The Balaban J connectivity index is 2.04. The van der Waals surface area contributed by atoms with Crippen molar-refractivity contribution in [1.29, 1.82) is 0 Å². The van der Waals surface area contributed by atoms with Gasteiger partial charge in [-0.2, -0.15) is 0 Å². The van der Waals surface area contributed by atoms with Gasteiger partial charge in [-0.15, -0.1) is 0 Å². The molecule has 2 aromatic carbocycles. The van der Waals surface area contributed by atoms with Gasteiger partial charge in [0.2, 0.25) is 0 Å². The van der Waals surface area contributed by atoms with Gasteiger partial charge >= 0.3 is 5.97 Å². The highest BCUT2D eigenvalue weighted by Gasteiger charge is 2.18. The summed E-state index contributed by atoms with van der Waals surface area (Å²) in [4.78, 5) is 15.5. The van der Waals surface area contributed by atoms with E-state index < -0.39 is 5.97 Å². The van der Waals surface area contributed by atoms with Gasteiger partial charge in [-0.1, -0.05) is 72.4 Å². The van der Waals surface area contributed by atoms with Gasteiger partial charge in [0, 0.05) is 23.9 Å². The van der Waals surface area contributed by atoms with E-state index in [1.165, 1.54) is 11.8 Å². The zero-order chi connectivity index (χ0) is 16.9. The van der Waals surface area contributed by atoms with Crippen molar-refractivity contribution in [2.45, 2.75) is 11.6 Å². The van der Waals surface area contributed by atoms with E-state index in [4.69, 9.17) is 10.1 Å². The van der Waals surface area contributed by atoms with Crippen molar-refractivity contribution in [3.05, 3.63) is 60.7 Å². The van der Waals surface area contributed by atoms with Crippen LogP contribution in [0.4, 0.5) is 0 Å². The molecule has 1 aromatic heterocycles. The SMILES string of the molecule is Cn1c(SCCC(=O)O)nc(-c2ccccc2)c1-c1ccccc1. The third-order valence-corrected chi connectivity index (χ3v) is 4.73. The lowest BCUT2D eigenvalue weighted by Gasteiger charge is -2.07. The van der Waals surface area contributed by atoms with E-state index >= 15 is 0 Å². The molecule has 0 spiro atoms. The van der Waals surface area contributed by atoms with E-state index in [0.717, 1.165) is 27.7 Å². The maximum absolute atomic E-state index is 10.7. The lowest BCUT2D eigenvalue weighted by molar-refractivity contribution is -0.136. The maximum atomic E-state index is 10.7. The molecule has 3 aromatic rings. The summed E-state index contributed by atoms with van der Waals surface area (Å²) in [5.74, 6) is -0.286. The number of carboxylic acid groups (broad SMARTS) is 1. The fourth-order valence-electron chi connectivity index (χ4n) is 2.56. The first-order valence-corrected chi connectivity index (χ1v) is 8.67. The third-order valence-electron chi connectivity index (χ3n) is 3.70. The van der Waals surface area contributed by atoms with Crippen molar-refractivity contribution < 1.29 is 9.90 Å². The molecule has 5 heteroatoms. The molecule has 4 nitrogen and oxygen atoms in total. The average Bonchev–Trinajstić information content (AvgIpc) is 2.93. The number of hydrogen-bond acceptors (Lipinski definition) is 3. The highest BCUT2D eigenvalue weighted by atomic mass is 32.2. The number of rotatable bonds is 6. The third kappa shape index (κ3) is 3.51. The second-order valence-electron chi connectivity index (χ2n) is 5.37. The number of imidazole rings is 1. The Hall–Kier alpha value is -2.53. The van der Waals surface area contributed by atoms with Crippen LogP contribution in [0.1, 0.15) is 6.42 Å². The molecule has 122 valence electrons. The van der Waals surface area contributed by atoms with Crippen LogP contribution in [0.25, 0.3) is 22.5 Å². The number of aromatic nitrogens is 2. The van der Waals surface area contributed by atoms with Crippen molar-refractivity contribution >= 4 is 17.7 Å². The summed E-state index contributed by atoms with van der Waals surface area (Å²) in [6.07, 6.45) is 0.124. The molecule has 0 aliphatic heterocycles. The summed E-state index contributed by atoms with van der Waals surface area (Å²) in [7, 11) is 1.98. The minimum atomic E-state index is -0.789. The second kappa shape index (κ2) is 7.36. The van der Waals surface area contributed by atoms with Crippen LogP contribution in [0.2, 0.25) is 0 Å². The van der Waals surface area contributed by atoms with Gasteiger partial charge in [-0.25, -0.2) is 4.98 Å². The van der Waals surface area contributed by atoms with E-state index in [0.29, 0.717) is 5.75 Å². The molecule has 24 heavy (non-hydrogen) atoms. The molecular weight excluding hydrogens is 320 g/mol. The van der Waals surface area contributed by atoms with Gasteiger partial charge in [-0.3, -0.25) is 4.79 Å². The molecule has 0 fully saturated rings. The molecule has 0 aliphatic rings. The number of hydrogen-bond donors (Lipinski definition) is 1. The molecule has 0 saturated heterocycles. The Morgan fingerprint density at radius 3 is 2.21 bits per heavy atom. The van der Waals surface area contributed by atoms with Crippen LogP contribution in [0.15, 0.2) is 65.8 Å². The first-order chi connectivity index (χ1) is 11.7. The van der Waals surface area contributed by atoms with Crippen LogP contribution in [-0.2, 0) is 11.8 Å². The Morgan fingerprint density at radius 1 is 1.04 bits per heavy atom. The van der Waals surface area contributed by atoms with Crippen molar-refractivity contribution in [2.24, 2.45) is 7.05 Å². The Labute approximate surface area is 145 Å². The number of carbonyl (C=O) groups is 1. The van der Waals surface area contributed by atoms with E-state index in [-0.39, 0.29) is 6.42 Å². The summed E-state index contributed by atoms with van der Waals surface area (Å²) in [5, 5.41) is 9.66. The highest BCUT2D eigenvalue weighted by Crippen LogP contribution is 2.35. The molecule has 0 amide bonds. The van der Waals surface area contributed by atoms with Crippen LogP contribution in [0, 0.1) is 0 Å². The van der Waals surface area contributed by atoms with Gasteiger partial charge < -0.3 is 9.67 Å². The molecule has 1 N–H and O–H groups in total. The van der Waals surface area contributed by atoms with Crippen molar-refractivity contribution in [3.63, 3.8) is 0 Å². The van der Waals surface area contributed by atoms with E-state index in [2.05, 4.69) is 12.1 Å². The predicted molar refractivity (Wildman–Crippen MR) is 97.1 cm³/mol. The molecule has 0 bridgehead atoms. The molecule has 0 aliphatic carbocycles. The summed E-state index contributed by atoms with van der Waals surface area (Å²) < 4.78 is 2.05. The van der Waals surface area contributed by atoms with Gasteiger partial charge in [0.1, 0.15) is 0 Å². The molecular formula is C19H18N2O2S. The Kier molecular flexibility index (Phi) is 5.01. The first kappa shape index (κ1) is 16.3. The van der Waals surface area contributed by atoms with Crippen LogP contribution in [-0.4, -0.2) is 26.4 Å². The number of benzene rings is 2. The number of thioether (sulfide) groups is 1. The monoisotopic (exact) mass is 338 g/mol. The topological polar surface area (TPSA) is 55.1 Å². The molecule has 0 radical (unpaired) electrons. The summed E-state index contributed by atoms with van der Waals surface area (Å²) in [5.41, 5.74) is 4.11. The van der Waals surface area contributed by atoms with Gasteiger partial charge in [-0.05, 0) is 0 Å². The van der Waals surface area contributed by atoms with E-state index in [9.17, 15) is 4.79 Å².